The molecule has 4 rings (SSSR count). The van der Waals surface area contributed by atoms with E-state index in [0.717, 1.165) is 39.0 Å². The van der Waals surface area contributed by atoms with Crippen molar-refractivity contribution in [1.29, 1.82) is 0 Å². The molecule has 3 nitrogen and oxygen atoms in total. The zero-order valence-corrected chi connectivity index (χ0v) is 13.7. The molecule has 0 radical (unpaired) electrons. The first kappa shape index (κ1) is 14.8. The maximum absolute atomic E-state index is 12.8. The molecule has 0 unspecified atom stereocenters. The number of hydrogen-bond acceptors (Lipinski definition) is 3. The smallest absolute Gasteiger partial charge is 0.164 e. The topological polar surface area (TPSA) is 35.5 Å². The number of hydrogen-bond donors (Lipinski definition) is 0. The second-order valence-electron chi connectivity index (χ2n) is 6.05. The number of carbonyl (C=O) groups is 1. The van der Waals surface area contributed by atoms with E-state index in [1.165, 1.54) is 0 Å². The van der Waals surface area contributed by atoms with Gasteiger partial charge in [-0.3, -0.25) is 4.79 Å². The molecule has 0 fully saturated rings. The molecule has 0 saturated carbocycles. The maximum Gasteiger partial charge on any atom is 0.164 e. The number of ether oxygens (including phenoxy) is 2. The number of fused-ring (bicyclic) bond motifs is 3. The molecule has 3 aromatic carbocycles. The van der Waals surface area contributed by atoms with Crippen LogP contribution in [0.4, 0.5) is 0 Å². The Hall–Kier alpha value is -2.81. The van der Waals surface area contributed by atoms with Crippen molar-refractivity contribution >= 4 is 16.6 Å². The minimum Gasteiger partial charge on any atom is -0.497 e. The molecule has 1 atom stereocenters. The van der Waals surface area contributed by atoms with Gasteiger partial charge in [-0.2, -0.15) is 0 Å². The van der Waals surface area contributed by atoms with Gasteiger partial charge in [0.25, 0.3) is 0 Å². The van der Waals surface area contributed by atoms with E-state index in [2.05, 4.69) is 12.1 Å². The molecule has 3 heteroatoms. The predicted octanol–water partition coefficient (Wildman–Crippen LogP) is 4.58. The normalized spacial score (nSPS) is 16.2. The average Bonchev–Trinajstić information content (AvgIpc) is 2.98. The highest BCUT2D eigenvalue weighted by atomic mass is 16.5. The summed E-state index contributed by atoms with van der Waals surface area (Å²) < 4.78 is 10.9. The van der Waals surface area contributed by atoms with E-state index in [0.29, 0.717) is 6.42 Å². The number of rotatable bonds is 3. The lowest BCUT2D eigenvalue weighted by molar-refractivity contribution is 0.0993. The largest absolute Gasteiger partial charge is 0.497 e. The lowest BCUT2D eigenvalue weighted by Crippen LogP contribution is -1.98. The highest BCUT2D eigenvalue weighted by Gasteiger charge is 2.33. The zero-order chi connectivity index (χ0) is 16.7. The first-order valence-corrected chi connectivity index (χ1v) is 7.99. The molecule has 0 bridgehead atoms. The fourth-order valence-corrected chi connectivity index (χ4v) is 3.65. The Morgan fingerprint density at radius 2 is 1.71 bits per heavy atom. The van der Waals surface area contributed by atoms with Gasteiger partial charge in [0.05, 0.1) is 14.2 Å². The highest BCUT2D eigenvalue weighted by molar-refractivity contribution is 6.14. The Balaban J connectivity index is 2.01. The number of ketones is 1. The van der Waals surface area contributed by atoms with Crippen molar-refractivity contribution in [1.82, 2.24) is 0 Å². The number of benzene rings is 3. The van der Waals surface area contributed by atoms with Crippen LogP contribution in [0.2, 0.25) is 0 Å². The monoisotopic (exact) mass is 318 g/mol. The van der Waals surface area contributed by atoms with E-state index in [-0.39, 0.29) is 11.7 Å². The standard InChI is InChI=1S/C21H18O3/c1-23-14-8-9-15-17(10-14)21-18(12-20(15)24-2)16(11-19(21)22)13-6-4-3-5-7-13/h3-10,12,16H,11H2,1-2H3/t16-/m1/s1. The lowest BCUT2D eigenvalue weighted by Gasteiger charge is -2.15. The molecular weight excluding hydrogens is 300 g/mol. The van der Waals surface area contributed by atoms with Gasteiger partial charge in [-0.1, -0.05) is 30.3 Å². The number of Topliss-reactive ketones (excluding diaryl/α,β-unsaturated/α-hetero) is 1. The second-order valence-corrected chi connectivity index (χ2v) is 6.05. The third-order valence-electron chi connectivity index (χ3n) is 4.80. The van der Waals surface area contributed by atoms with Crippen LogP contribution in [-0.4, -0.2) is 20.0 Å². The number of carbonyl (C=O) groups excluding carboxylic acids is 1. The number of methoxy groups -OCH3 is 2. The van der Waals surface area contributed by atoms with Gasteiger partial charge < -0.3 is 9.47 Å². The predicted molar refractivity (Wildman–Crippen MR) is 94.3 cm³/mol. The Bertz CT molecular complexity index is 929. The van der Waals surface area contributed by atoms with Gasteiger partial charge in [0.1, 0.15) is 11.5 Å². The van der Waals surface area contributed by atoms with E-state index in [9.17, 15) is 4.79 Å². The summed E-state index contributed by atoms with van der Waals surface area (Å²) in [4.78, 5) is 12.8. The van der Waals surface area contributed by atoms with Crippen molar-refractivity contribution in [3.05, 3.63) is 71.3 Å². The summed E-state index contributed by atoms with van der Waals surface area (Å²) in [5.74, 6) is 1.80. The Morgan fingerprint density at radius 3 is 2.42 bits per heavy atom. The van der Waals surface area contributed by atoms with Crippen molar-refractivity contribution in [2.45, 2.75) is 12.3 Å². The first-order chi connectivity index (χ1) is 11.7. The summed E-state index contributed by atoms with van der Waals surface area (Å²) in [7, 11) is 3.30. The summed E-state index contributed by atoms with van der Waals surface area (Å²) in [5, 5.41) is 1.85. The fraction of sp³-hybridized carbons (Fsp3) is 0.190. The molecule has 0 aliphatic heterocycles. The third-order valence-corrected chi connectivity index (χ3v) is 4.80. The quantitative estimate of drug-likeness (QED) is 0.709. The zero-order valence-electron chi connectivity index (χ0n) is 13.7. The van der Waals surface area contributed by atoms with Crippen LogP contribution in [0.3, 0.4) is 0 Å². The summed E-state index contributed by atoms with van der Waals surface area (Å²) in [6, 6.07) is 18.0. The Kier molecular flexibility index (Phi) is 3.49. The molecule has 3 aromatic rings. The molecule has 24 heavy (non-hydrogen) atoms. The molecule has 0 heterocycles. The van der Waals surface area contributed by atoms with Gasteiger partial charge in [0, 0.05) is 28.7 Å². The van der Waals surface area contributed by atoms with Crippen molar-refractivity contribution in [3.8, 4) is 11.5 Å². The van der Waals surface area contributed by atoms with E-state index in [1.54, 1.807) is 14.2 Å². The molecule has 0 aromatic heterocycles. The molecular formula is C21H18O3. The summed E-state index contributed by atoms with van der Waals surface area (Å²) in [6.07, 6.45) is 0.499. The van der Waals surface area contributed by atoms with E-state index < -0.39 is 0 Å². The van der Waals surface area contributed by atoms with Gasteiger partial charge in [-0.25, -0.2) is 0 Å². The molecule has 0 saturated heterocycles. The van der Waals surface area contributed by atoms with Crippen molar-refractivity contribution in [2.24, 2.45) is 0 Å². The Morgan fingerprint density at radius 1 is 0.917 bits per heavy atom. The van der Waals surface area contributed by atoms with Crippen molar-refractivity contribution in [2.75, 3.05) is 14.2 Å². The average molecular weight is 318 g/mol. The van der Waals surface area contributed by atoms with Crippen LogP contribution in [0.15, 0.2) is 54.6 Å². The van der Waals surface area contributed by atoms with Gasteiger partial charge in [0.2, 0.25) is 0 Å². The van der Waals surface area contributed by atoms with Crippen LogP contribution >= 0.6 is 0 Å². The molecule has 120 valence electrons. The molecule has 0 spiro atoms. The van der Waals surface area contributed by atoms with Crippen LogP contribution in [0.25, 0.3) is 10.8 Å². The van der Waals surface area contributed by atoms with Crippen LogP contribution < -0.4 is 9.47 Å². The maximum atomic E-state index is 12.8. The molecule has 1 aliphatic rings. The molecule has 0 N–H and O–H groups in total. The fourth-order valence-electron chi connectivity index (χ4n) is 3.65. The second kappa shape index (κ2) is 5.68. The van der Waals surface area contributed by atoms with E-state index in [4.69, 9.17) is 9.47 Å². The van der Waals surface area contributed by atoms with Gasteiger partial charge in [-0.15, -0.1) is 0 Å². The molecule has 0 amide bonds. The minimum atomic E-state index is 0.0817. The van der Waals surface area contributed by atoms with Gasteiger partial charge in [0.15, 0.2) is 5.78 Å². The Labute approximate surface area is 140 Å². The first-order valence-electron chi connectivity index (χ1n) is 7.99. The molecule has 1 aliphatic carbocycles. The van der Waals surface area contributed by atoms with E-state index in [1.807, 2.05) is 42.5 Å². The van der Waals surface area contributed by atoms with Crippen LogP contribution in [0.5, 0.6) is 11.5 Å². The lowest BCUT2D eigenvalue weighted by atomic mass is 9.91. The summed E-state index contributed by atoms with van der Waals surface area (Å²) in [5.41, 5.74) is 3.01. The van der Waals surface area contributed by atoms with Crippen LogP contribution in [0.1, 0.15) is 33.8 Å². The van der Waals surface area contributed by atoms with Gasteiger partial charge in [-0.05, 0) is 35.4 Å². The van der Waals surface area contributed by atoms with Crippen LogP contribution in [-0.2, 0) is 0 Å². The third kappa shape index (κ3) is 2.16. The van der Waals surface area contributed by atoms with Crippen molar-refractivity contribution < 1.29 is 14.3 Å². The summed E-state index contributed by atoms with van der Waals surface area (Å²) in [6.45, 7) is 0. The van der Waals surface area contributed by atoms with Crippen molar-refractivity contribution in [3.63, 3.8) is 0 Å². The van der Waals surface area contributed by atoms with Gasteiger partial charge >= 0.3 is 0 Å². The highest BCUT2D eigenvalue weighted by Crippen LogP contribution is 2.45. The van der Waals surface area contributed by atoms with Crippen LogP contribution in [0, 0.1) is 0 Å². The minimum absolute atomic E-state index is 0.0817. The van der Waals surface area contributed by atoms with E-state index >= 15 is 0 Å². The SMILES string of the molecule is COc1ccc2c(OC)cc3c(c2c1)C(=O)C[C@@H]3c1ccccc1. The summed E-state index contributed by atoms with van der Waals surface area (Å²) >= 11 is 0.